The molecule has 1 nitrogen and oxygen atoms in total. The molecule has 0 atom stereocenters. The highest BCUT2D eigenvalue weighted by atomic mass is 15.1. The predicted octanol–water partition coefficient (Wildman–Crippen LogP) is 5.72. The number of benzene rings is 2. The quantitative estimate of drug-likeness (QED) is 0.650. The van der Waals surface area contributed by atoms with Crippen LogP contribution in [0, 0.1) is 13.8 Å². The lowest BCUT2D eigenvalue weighted by molar-refractivity contribution is 1.03. The molecule has 1 heteroatoms. The Kier molecular flexibility index (Phi) is 3.42. The van der Waals surface area contributed by atoms with Gasteiger partial charge in [-0.05, 0) is 60.7 Å². The third-order valence-electron chi connectivity index (χ3n) is 4.62. The molecular weight excluding hydrogens is 278 g/mol. The van der Waals surface area contributed by atoms with Gasteiger partial charge in [-0.15, -0.1) is 0 Å². The summed E-state index contributed by atoms with van der Waals surface area (Å²) < 4.78 is 0. The Hall–Kier alpha value is -2.54. The smallest absolute Gasteiger partial charge is 0.0490 e. The van der Waals surface area contributed by atoms with Gasteiger partial charge >= 0.3 is 0 Å². The fourth-order valence-electron chi connectivity index (χ4n) is 3.66. The maximum atomic E-state index is 2.45. The fourth-order valence-corrected chi connectivity index (χ4v) is 3.66. The van der Waals surface area contributed by atoms with E-state index in [9.17, 15) is 0 Å². The van der Waals surface area contributed by atoms with E-state index in [0.29, 0.717) is 0 Å². The van der Waals surface area contributed by atoms with Gasteiger partial charge < -0.3 is 4.90 Å². The van der Waals surface area contributed by atoms with Crippen LogP contribution >= 0.6 is 0 Å². The maximum Gasteiger partial charge on any atom is 0.0490 e. The second-order valence-corrected chi connectivity index (χ2v) is 6.44. The van der Waals surface area contributed by atoms with Gasteiger partial charge in [0.2, 0.25) is 0 Å². The molecule has 1 heterocycles. The molecule has 0 fully saturated rings. The normalized spacial score (nSPS) is 16.2. The Morgan fingerprint density at radius 3 is 2.52 bits per heavy atom. The van der Waals surface area contributed by atoms with E-state index in [4.69, 9.17) is 0 Å². The minimum absolute atomic E-state index is 0.938. The Labute approximate surface area is 138 Å². The summed E-state index contributed by atoms with van der Waals surface area (Å²) in [7, 11) is 0. The zero-order valence-corrected chi connectivity index (χ0v) is 13.7. The van der Waals surface area contributed by atoms with E-state index in [1.165, 1.54) is 39.2 Å². The summed E-state index contributed by atoms with van der Waals surface area (Å²) in [6, 6.07) is 15.6. The molecule has 2 aliphatic rings. The first-order chi connectivity index (χ1) is 11.2. The molecule has 0 spiro atoms. The van der Waals surface area contributed by atoms with Gasteiger partial charge in [-0.2, -0.15) is 0 Å². The van der Waals surface area contributed by atoms with E-state index < -0.39 is 0 Å². The first-order valence-electron chi connectivity index (χ1n) is 8.23. The zero-order chi connectivity index (χ0) is 15.8. The minimum Gasteiger partial charge on any atom is -0.336 e. The summed E-state index contributed by atoms with van der Waals surface area (Å²) >= 11 is 0. The van der Waals surface area contributed by atoms with Crippen LogP contribution in [0.15, 0.2) is 72.3 Å². The molecule has 2 aromatic carbocycles. The second-order valence-electron chi connectivity index (χ2n) is 6.44. The number of nitrogens with zero attached hydrogens (tertiary/aromatic N) is 1. The van der Waals surface area contributed by atoms with Gasteiger partial charge in [0.05, 0.1) is 0 Å². The van der Waals surface area contributed by atoms with Gasteiger partial charge in [0.1, 0.15) is 0 Å². The molecule has 2 aromatic rings. The topological polar surface area (TPSA) is 3.24 Å². The molecule has 4 rings (SSSR count). The maximum absolute atomic E-state index is 2.45. The first-order valence-corrected chi connectivity index (χ1v) is 8.23. The first kappa shape index (κ1) is 14.1. The Morgan fingerprint density at radius 1 is 0.913 bits per heavy atom. The van der Waals surface area contributed by atoms with Crippen LogP contribution in [0.4, 0.5) is 11.4 Å². The number of hydrogen-bond acceptors (Lipinski definition) is 1. The van der Waals surface area contributed by atoms with Crippen LogP contribution in [0.1, 0.15) is 23.1 Å². The molecule has 1 aliphatic carbocycles. The van der Waals surface area contributed by atoms with E-state index >= 15 is 0 Å². The van der Waals surface area contributed by atoms with Gasteiger partial charge in [-0.25, -0.2) is 0 Å². The van der Waals surface area contributed by atoms with Crippen LogP contribution in [0.25, 0.3) is 5.57 Å². The van der Waals surface area contributed by atoms with Crippen LogP contribution in [0.5, 0.6) is 0 Å². The number of para-hydroxylation sites is 1. The van der Waals surface area contributed by atoms with Crippen molar-refractivity contribution in [2.45, 2.75) is 20.3 Å². The molecule has 1 aliphatic heterocycles. The molecular formula is C22H21N. The minimum atomic E-state index is 0.938. The van der Waals surface area contributed by atoms with E-state index in [1.807, 2.05) is 0 Å². The van der Waals surface area contributed by atoms with Gasteiger partial charge in [-0.3, -0.25) is 0 Å². The van der Waals surface area contributed by atoms with Crippen LogP contribution in [-0.2, 0) is 0 Å². The van der Waals surface area contributed by atoms with Crippen LogP contribution < -0.4 is 4.90 Å². The van der Waals surface area contributed by atoms with Crippen molar-refractivity contribution in [1.29, 1.82) is 0 Å². The van der Waals surface area contributed by atoms with E-state index in [2.05, 4.69) is 85.5 Å². The molecule has 0 saturated heterocycles. The highest BCUT2D eigenvalue weighted by molar-refractivity contribution is 5.88. The number of fused-ring (bicyclic) bond motifs is 2. The van der Waals surface area contributed by atoms with Gasteiger partial charge in [0, 0.05) is 23.5 Å². The summed E-state index contributed by atoms with van der Waals surface area (Å²) in [6.07, 6.45) is 9.85. The lowest BCUT2D eigenvalue weighted by atomic mass is 9.91. The highest BCUT2D eigenvalue weighted by Crippen LogP contribution is 2.41. The molecule has 0 N–H and O–H groups in total. The van der Waals surface area contributed by atoms with Gasteiger partial charge in [0.25, 0.3) is 0 Å². The van der Waals surface area contributed by atoms with Gasteiger partial charge in [0.15, 0.2) is 0 Å². The third-order valence-corrected chi connectivity index (χ3v) is 4.62. The number of hydrogen-bond donors (Lipinski definition) is 0. The average molecular weight is 299 g/mol. The molecule has 0 unspecified atom stereocenters. The monoisotopic (exact) mass is 299 g/mol. The SMILES string of the molecule is Cc1cc(C)cc(N2CC3=C(CC=CC=C3)c3ccccc32)c1. The number of allylic oxidation sites excluding steroid dienone is 4. The van der Waals surface area contributed by atoms with Crippen molar-refractivity contribution in [1.82, 2.24) is 0 Å². The number of aryl methyl sites for hydroxylation is 2. The lowest BCUT2D eigenvalue weighted by Gasteiger charge is -2.34. The largest absolute Gasteiger partial charge is 0.336 e. The molecule has 114 valence electrons. The summed E-state index contributed by atoms with van der Waals surface area (Å²) in [6.45, 7) is 5.28. The Morgan fingerprint density at radius 2 is 1.70 bits per heavy atom. The fraction of sp³-hybridized carbons (Fsp3) is 0.182. The van der Waals surface area contributed by atoms with Crippen LogP contribution in [0.3, 0.4) is 0 Å². The third kappa shape index (κ3) is 2.53. The lowest BCUT2D eigenvalue weighted by Crippen LogP contribution is -2.25. The molecule has 0 radical (unpaired) electrons. The van der Waals surface area contributed by atoms with Crippen LogP contribution in [-0.4, -0.2) is 6.54 Å². The van der Waals surface area contributed by atoms with E-state index in [-0.39, 0.29) is 0 Å². The summed E-state index contributed by atoms with van der Waals surface area (Å²) in [4.78, 5) is 2.45. The standard InChI is InChI=1S/C22H21N/c1-16-12-17(2)14-19(13-16)23-15-18-8-4-3-5-9-20(18)21-10-6-7-11-22(21)23/h3-8,10-14H,9,15H2,1-2H3. The van der Waals surface area contributed by atoms with Gasteiger partial charge in [-0.1, -0.05) is 48.6 Å². The molecule has 0 saturated carbocycles. The number of anilines is 2. The van der Waals surface area contributed by atoms with Crippen molar-refractivity contribution in [3.63, 3.8) is 0 Å². The zero-order valence-electron chi connectivity index (χ0n) is 13.7. The summed E-state index contributed by atoms with van der Waals surface area (Å²) in [5.74, 6) is 0. The van der Waals surface area contributed by atoms with Crippen LogP contribution in [0.2, 0.25) is 0 Å². The predicted molar refractivity (Wildman–Crippen MR) is 99.2 cm³/mol. The van der Waals surface area contributed by atoms with Crippen molar-refractivity contribution < 1.29 is 0 Å². The Bertz CT molecular complexity index is 832. The van der Waals surface area contributed by atoms with Crippen molar-refractivity contribution in [3.8, 4) is 0 Å². The van der Waals surface area contributed by atoms with Crippen molar-refractivity contribution in [2.75, 3.05) is 11.4 Å². The Balaban J connectivity index is 1.89. The van der Waals surface area contributed by atoms with E-state index in [0.717, 1.165) is 13.0 Å². The molecule has 23 heavy (non-hydrogen) atoms. The molecule has 0 aromatic heterocycles. The number of rotatable bonds is 1. The highest BCUT2D eigenvalue weighted by Gasteiger charge is 2.24. The summed E-state index contributed by atoms with van der Waals surface area (Å²) in [5.41, 5.74) is 9.49. The molecule has 0 amide bonds. The average Bonchev–Trinajstić information content (AvgIpc) is 2.78. The van der Waals surface area contributed by atoms with E-state index in [1.54, 1.807) is 0 Å². The molecule has 0 bridgehead atoms. The second kappa shape index (κ2) is 5.58. The van der Waals surface area contributed by atoms with Crippen molar-refractivity contribution in [3.05, 3.63) is 89.0 Å². The van der Waals surface area contributed by atoms with Crippen molar-refractivity contribution in [2.24, 2.45) is 0 Å². The van der Waals surface area contributed by atoms with Crippen molar-refractivity contribution >= 4 is 16.9 Å². The summed E-state index contributed by atoms with van der Waals surface area (Å²) in [5, 5.41) is 0.